The second kappa shape index (κ2) is 6.08. The first kappa shape index (κ1) is 14.3. The number of rotatable bonds is 3. The Kier molecular flexibility index (Phi) is 3.79. The summed E-state index contributed by atoms with van der Waals surface area (Å²) in [5.41, 5.74) is 1.92. The smallest absolute Gasteiger partial charge is 0.255 e. The summed E-state index contributed by atoms with van der Waals surface area (Å²) >= 11 is 0. The molecule has 2 aromatic rings. The molecule has 2 aliphatic rings. The maximum atomic E-state index is 12.6. The van der Waals surface area contributed by atoms with Crippen molar-refractivity contribution in [3.63, 3.8) is 0 Å². The van der Waals surface area contributed by atoms with Crippen LogP contribution in [0.1, 0.15) is 22.3 Å². The van der Waals surface area contributed by atoms with Crippen molar-refractivity contribution in [3.8, 4) is 0 Å². The minimum Gasteiger partial charge on any atom is -0.337 e. The van der Waals surface area contributed by atoms with Gasteiger partial charge in [-0.05, 0) is 36.1 Å². The number of nitrogens with zero attached hydrogens (tertiary/aromatic N) is 4. The summed E-state index contributed by atoms with van der Waals surface area (Å²) in [4.78, 5) is 25.3. The van der Waals surface area contributed by atoms with Crippen molar-refractivity contribution in [2.24, 2.45) is 5.92 Å². The highest BCUT2D eigenvalue weighted by Gasteiger charge is 2.43. The molecule has 0 saturated carbocycles. The van der Waals surface area contributed by atoms with Gasteiger partial charge < -0.3 is 4.90 Å². The summed E-state index contributed by atoms with van der Waals surface area (Å²) in [5.74, 6) is 0.828. The van der Waals surface area contributed by atoms with E-state index in [1.807, 2.05) is 29.3 Å². The van der Waals surface area contributed by atoms with Crippen molar-refractivity contribution in [2.75, 3.05) is 19.6 Å². The molecule has 118 valence electrons. The van der Waals surface area contributed by atoms with Gasteiger partial charge in [-0.25, -0.2) is 0 Å². The molecule has 1 amide bonds. The van der Waals surface area contributed by atoms with Crippen LogP contribution in [0.3, 0.4) is 0 Å². The molecule has 23 heavy (non-hydrogen) atoms. The molecule has 4 heterocycles. The van der Waals surface area contributed by atoms with E-state index < -0.39 is 0 Å². The quantitative estimate of drug-likeness (QED) is 0.868. The average molecular weight is 308 g/mol. The molecule has 2 aromatic heterocycles. The van der Waals surface area contributed by atoms with Crippen LogP contribution in [-0.2, 0) is 6.54 Å². The second-order valence-corrected chi connectivity index (χ2v) is 6.40. The van der Waals surface area contributed by atoms with E-state index in [-0.39, 0.29) is 5.91 Å². The third-order valence-electron chi connectivity index (χ3n) is 4.96. The van der Waals surface area contributed by atoms with Gasteiger partial charge in [-0.2, -0.15) is 0 Å². The average Bonchev–Trinajstić information content (AvgIpc) is 2.61. The molecule has 2 saturated heterocycles. The van der Waals surface area contributed by atoms with Crippen LogP contribution >= 0.6 is 0 Å². The molecule has 2 atom stereocenters. The Labute approximate surface area is 136 Å². The van der Waals surface area contributed by atoms with Gasteiger partial charge in [0.25, 0.3) is 5.91 Å². The maximum Gasteiger partial charge on any atom is 0.255 e. The van der Waals surface area contributed by atoms with Gasteiger partial charge >= 0.3 is 0 Å². The van der Waals surface area contributed by atoms with Gasteiger partial charge in [0.15, 0.2) is 0 Å². The number of carbonyl (C=O) groups excluding carboxylic acids is 1. The van der Waals surface area contributed by atoms with E-state index in [9.17, 15) is 4.79 Å². The number of amides is 1. The van der Waals surface area contributed by atoms with Crippen molar-refractivity contribution >= 4 is 5.91 Å². The van der Waals surface area contributed by atoms with Gasteiger partial charge in [-0.3, -0.25) is 19.7 Å². The summed E-state index contributed by atoms with van der Waals surface area (Å²) in [5, 5.41) is 0. The molecule has 0 radical (unpaired) electrons. The monoisotopic (exact) mass is 308 g/mol. The Morgan fingerprint density at radius 2 is 1.96 bits per heavy atom. The first-order valence-corrected chi connectivity index (χ1v) is 8.13. The molecule has 0 aromatic carbocycles. The van der Waals surface area contributed by atoms with Gasteiger partial charge in [-0.15, -0.1) is 0 Å². The highest BCUT2D eigenvalue weighted by atomic mass is 16.2. The molecule has 0 bridgehead atoms. The maximum absolute atomic E-state index is 12.6. The summed E-state index contributed by atoms with van der Waals surface area (Å²) < 4.78 is 0. The molecule has 4 rings (SSSR count). The van der Waals surface area contributed by atoms with Crippen LogP contribution in [0.4, 0.5) is 0 Å². The van der Waals surface area contributed by atoms with E-state index in [0.29, 0.717) is 11.6 Å². The highest BCUT2D eigenvalue weighted by molar-refractivity contribution is 5.94. The Balaban J connectivity index is 1.41. The number of hydrogen-bond acceptors (Lipinski definition) is 4. The number of carbonyl (C=O) groups is 1. The first-order chi connectivity index (χ1) is 11.3. The third-order valence-corrected chi connectivity index (χ3v) is 4.96. The van der Waals surface area contributed by atoms with Gasteiger partial charge in [0.1, 0.15) is 0 Å². The van der Waals surface area contributed by atoms with Crippen molar-refractivity contribution in [1.82, 2.24) is 19.8 Å². The van der Waals surface area contributed by atoms with Crippen LogP contribution < -0.4 is 0 Å². The molecule has 0 unspecified atom stereocenters. The molecule has 5 heteroatoms. The minimum absolute atomic E-state index is 0.102. The first-order valence-electron chi connectivity index (χ1n) is 8.13. The number of pyridine rings is 2. The van der Waals surface area contributed by atoms with Crippen LogP contribution in [0.25, 0.3) is 0 Å². The number of aromatic nitrogens is 2. The lowest BCUT2D eigenvalue weighted by atomic mass is 9.82. The van der Waals surface area contributed by atoms with E-state index in [1.165, 1.54) is 5.56 Å². The lowest BCUT2D eigenvalue weighted by Crippen LogP contribution is -2.64. The molecule has 2 aliphatic heterocycles. The number of likely N-dealkylation sites (tertiary alicyclic amines) is 2. The number of hydrogen-bond donors (Lipinski definition) is 0. The standard InChI is InChI=1S/C18H20N4O/c23-18(15-4-2-7-20-10-15)21-8-5-16-12-22(17(16)13-21)11-14-3-1-6-19-9-14/h1-4,6-7,9-10,16-17H,5,8,11-13H2/t16-,17-/m1/s1. The zero-order chi connectivity index (χ0) is 15.6. The topological polar surface area (TPSA) is 49.3 Å². The van der Waals surface area contributed by atoms with Gasteiger partial charge in [0.2, 0.25) is 0 Å². The van der Waals surface area contributed by atoms with Crippen LogP contribution in [0.2, 0.25) is 0 Å². The Bertz CT molecular complexity index is 676. The van der Waals surface area contributed by atoms with Gasteiger partial charge in [0, 0.05) is 57.0 Å². The fourth-order valence-corrected chi connectivity index (χ4v) is 3.67. The predicted octanol–water partition coefficient (Wildman–Crippen LogP) is 1.82. The summed E-state index contributed by atoms with van der Waals surface area (Å²) in [6.07, 6.45) is 8.18. The Morgan fingerprint density at radius 1 is 1.13 bits per heavy atom. The third kappa shape index (κ3) is 2.84. The van der Waals surface area contributed by atoms with E-state index in [1.54, 1.807) is 18.6 Å². The van der Waals surface area contributed by atoms with Gasteiger partial charge in [-0.1, -0.05) is 6.07 Å². The molecule has 0 N–H and O–H groups in total. The number of piperidine rings is 1. The molecule has 0 spiro atoms. The second-order valence-electron chi connectivity index (χ2n) is 6.40. The minimum atomic E-state index is 0.102. The van der Waals surface area contributed by atoms with E-state index in [4.69, 9.17) is 0 Å². The molecular formula is C18H20N4O. The summed E-state index contributed by atoms with van der Waals surface area (Å²) in [6, 6.07) is 8.23. The Hall–Kier alpha value is -2.27. The summed E-state index contributed by atoms with van der Waals surface area (Å²) in [6.45, 7) is 3.73. The molecule has 2 fully saturated rings. The normalized spacial score (nSPS) is 23.9. The van der Waals surface area contributed by atoms with Crippen molar-refractivity contribution in [2.45, 2.75) is 19.0 Å². The lowest BCUT2D eigenvalue weighted by molar-refractivity contribution is -0.0428. The largest absolute Gasteiger partial charge is 0.337 e. The fourth-order valence-electron chi connectivity index (χ4n) is 3.67. The summed E-state index contributed by atoms with van der Waals surface area (Å²) in [7, 11) is 0. The van der Waals surface area contributed by atoms with E-state index in [0.717, 1.165) is 38.5 Å². The molecular weight excluding hydrogens is 288 g/mol. The van der Waals surface area contributed by atoms with E-state index in [2.05, 4.69) is 20.9 Å². The van der Waals surface area contributed by atoms with Crippen molar-refractivity contribution in [1.29, 1.82) is 0 Å². The van der Waals surface area contributed by atoms with Gasteiger partial charge in [0.05, 0.1) is 5.56 Å². The van der Waals surface area contributed by atoms with E-state index >= 15 is 0 Å². The van der Waals surface area contributed by atoms with Crippen LogP contribution in [0.5, 0.6) is 0 Å². The highest BCUT2D eigenvalue weighted by Crippen LogP contribution is 2.34. The fraction of sp³-hybridized carbons (Fsp3) is 0.389. The van der Waals surface area contributed by atoms with Crippen molar-refractivity contribution in [3.05, 3.63) is 60.2 Å². The zero-order valence-corrected chi connectivity index (χ0v) is 13.0. The Morgan fingerprint density at radius 3 is 2.70 bits per heavy atom. The zero-order valence-electron chi connectivity index (χ0n) is 13.0. The number of fused-ring (bicyclic) bond motifs is 1. The SMILES string of the molecule is O=C(c1cccnc1)N1CC[C@@H]2CN(Cc3cccnc3)[C@@H]2C1. The predicted molar refractivity (Wildman–Crippen MR) is 86.7 cm³/mol. The van der Waals surface area contributed by atoms with Crippen LogP contribution in [0.15, 0.2) is 49.1 Å². The van der Waals surface area contributed by atoms with Crippen LogP contribution in [-0.4, -0.2) is 51.4 Å². The van der Waals surface area contributed by atoms with Crippen LogP contribution in [0, 0.1) is 5.92 Å². The molecule has 5 nitrogen and oxygen atoms in total. The van der Waals surface area contributed by atoms with Crippen molar-refractivity contribution < 1.29 is 4.79 Å². The molecule has 0 aliphatic carbocycles. The lowest BCUT2D eigenvalue weighted by Gasteiger charge is -2.53.